The monoisotopic (exact) mass is 154 g/mol. The Hall–Kier alpha value is -0.0400. The van der Waals surface area contributed by atoms with Crippen molar-refractivity contribution in [2.24, 2.45) is 16.7 Å². The summed E-state index contributed by atoms with van der Waals surface area (Å²) < 4.78 is 0. The molecule has 64 valence electrons. The van der Waals surface area contributed by atoms with E-state index in [9.17, 15) is 0 Å². The molecule has 0 spiro atoms. The maximum absolute atomic E-state index is 4.34. The van der Waals surface area contributed by atoms with E-state index in [4.69, 9.17) is 0 Å². The van der Waals surface area contributed by atoms with Crippen molar-refractivity contribution >= 4 is 0 Å². The lowest BCUT2D eigenvalue weighted by Gasteiger charge is -2.37. The molecule has 2 aliphatic rings. The molecule has 0 aromatic carbocycles. The average Bonchev–Trinajstić information content (AvgIpc) is 2.36. The zero-order chi connectivity index (χ0) is 8.28. The summed E-state index contributed by atoms with van der Waals surface area (Å²) in [5, 5.41) is 0. The predicted molar refractivity (Wildman–Crippen MR) is 45.9 cm³/mol. The number of hydrogen-bond donors (Lipinski definition) is 1. The van der Waals surface area contributed by atoms with Crippen LogP contribution in [0.5, 0.6) is 0 Å². The first-order valence-electron chi connectivity index (χ1n) is 4.80. The molecule has 2 bridgehead atoms. The SMILES string of the molecule is CC1(C)[C@H]2CC[C@](C)(C2)[C@@H]1[NH3+]. The van der Waals surface area contributed by atoms with Crippen LogP contribution < -0.4 is 5.73 Å². The molecule has 0 aromatic heterocycles. The van der Waals surface area contributed by atoms with Crippen LogP contribution in [0.1, 0.15) is 40.0 Å². The maximum Gasteiger partial charge on any atom is 0.0951 e. The second-order valence-electron chi connectivity index (χ2n) is 5.47. The fourth-order valence-corrected chi connectivity index (χ4v) is 3.41. The molecule has 0 amide bonds. The summed E-state index contributed by atoms with van der Waals surface area (Å²) in [4.78, 5) is 0. The van der Waals surface area contributed by atoms with Crippen LogP contribution in [0.3, 0.4) is 0 Å². The van der Waals surface area contributed by atoms with Crippen molar-refractivity contribution in [3.8, 4) is 0 Å². The van der Waals surface area contributed by atoms with Gasteiger partial charge in [0.05, 0.1) is 6.04 Å². The quantitative estimate of drug-likeness (QED) is 0.547. The summed E-state index contributed by atoms with van der Waals surface area (Å²) in [6, 6.07) is 0.689. The van der Waals surface area contributed by atoms with Gasteiger partial charge in [-0.2, -0.15) is 0 Å². The number of hydrogen-bond acceptors (Lipinski definition) is 0. The summed E-state index contributed by atoms with van der Waals surface area (Å²) in [6.07, 6.45) is 4.32. The number of rotatable bonds is 0. The topological polar surface area (TPSA) is 27.6 Å². The third-order valence-corrected chi connectivity index (χ3v) is 4.57. The Bertz CT molecular complexity index is 181. The lowest BCUT2D eigenvalue weighted by Crippen LogP contribution is -2.72. The molecule has 11 heavy (non-hydrogen) atoms. The number of quaternary nitrogens is 1. The van der Waals surface area contributed by atoms with Gasteiger partial charge in [-0.05, 0) is 25.2 Å². The van der Waals surface area contributed by atoms with Gasteiger partial charge < -0.3 is 5.73 Å². The predicted octanol–water partition coefficient (Wildman–Crippen LogP) is 1.44. The summed E-state index contributed by atoms with van der Waals surface area (Å²) in [5.41, 5.74) is 5.46. The average molecular weight is 154 g/mol. The summed E-state index contributed by atoms with van der Waals surface area (Å²) in [7, 11) is 0. The largest absolute Gasteiger partial charge is 0.354 e. The Morgan fingerprint density at radius 3 is 2.18 bits per heavy atom. The Labute approximate surface area is 69.4 Å². The highest BCUT2D eigenvalue weighted by Gasteiger charge is 2.60. The van der Waals surface area contributed by atoms with Crippen LogP contribution in [0.2, 0.25) is 0 Å². The van der Waals surface area contributed by atoms with Crippen LogP contribution in [0.25, 0.3) is 0 Å². The first-order chi connectivity index (χ1) is 4.97. The molecular formula is C10H20N+. The highest BCUT2D eigenvalue weighted by molar-refractivity contribution is 5.07. The molecule has 2 fully saturated rings. The molecule has 3 N–H and O–H groups in total. The second kappa shape index (κ2) is 1.82. The van der Waals surface area contributed by atoms with Gasteiger partial charge >= 0.3 is 0 Å². The standard InChI is InChI=1S/C10H19N/c1-9(2)7-4-5-10(3,6-7)8(9)11/h7-8H,4-6,11H2,1-3H3/p+1/t7-,8+,10+/m0/s1. The fraction of sp³-hybridized carbons (Fsp3) is 1.00. The Morgan fingerprint density at radius 1 is 1.27 bits per heavy atom. The van der Waals surface area contributed by atoms with Crippen LogP contribution in [0.15, 0.2) is 0 Å². The van der Waals surface area contributed by atoms with Crippen molar-refractivity contribution in [1.82, 2.24) is 0 Å². The molecule has 2 rings (SSSR count). The van der Waals surface area contributed by atoms with Gasteiger partial charge in [-0.15, -0.1) is 0 Å². The van der Waals surface area contributed by atoms with E-state index < -0.39 is 0 Å². The Balaban J connectivity index is 2.34. The van der Waals surface area contributed by atoms with Gasteiger partial charge in [-0.1, -0.05) is 20.8 Å². The molecule has 1 nitrogen and oxygen atoms in total. The second-order valence-corrected chi connectivity index (χ2v) is 5.47. The summed E-state index contributed by atoms with van der Waals surface area (Å²) >= 11 is 0. The van der Waals surface area contributed by atoms with Gasteiger partial charge in [0.2, 0.25) is 0 Å². The Kier molecular flexibility index (Phi) is 1.26. The van der Waals surface area contributed by atoms with Gasteiger partial charge in [-0.3, -0.25) is 0 Å². The smallest absolute Gasteiger partial charge is 0.0951 e. The van der Waals surface area contributed by atoms with E-state index in [1.165, 1.54) is 19.3 Å². The van der Waals surface area contributed by atoms with Crippen LogP contribution in [0.4, 0.5) is 0 Å². The molecule has 0 saturated heterocycles. The minimum Gasteiger partial charge on any atom is -0.354 e. The molecule has 2 saturated carbocycles. The van der Waals surface area contributed by atoms with Crippen molar-refractivity contribution in [1.29, 1.82) is 0 Å². The van der Waals surface area contributed by atoms with E-state index in [1.54, 1.807) is 0 Å². The zero-order valence-corrected chi connectivity index (χ0v) is 7.98. The van der Waals surface area contributed by atoms with E-state index in [0.29, 0.717) is 16.9 Å². The van der Waals surface area contributed by atoms with Crippen molar-refractivity contribution in [2.45, 2.75) is 46.1 Å². The molecule has 3 atom stereocenters. The molecule has 0 radical (unpaired) electrons. The molecule has 0 aliphatic heterocycles. The molecular weight excluding hydrogens is 134 g/mol. The van der Waals surface area contributed by atoms with E-state index in [1.807, 2.05) is 0 Å². The molecule has 0 heterocycles. The van der Waals surface area contributed by atoms with E-state index in [2.05, 4.69) is 26.5 Å². The van der Waals surface area contributed by atoms with Crippen molar-refractivity contribution in [3.63, 3.8) is 0 Å². The van der Waals surface area contributed by atoms with Gasteiger partial charge in [0, 0.05) is 10.8 Å². The van der Waals surface area contributed by atoms with Crippen molar-refractivity contribution in [3.05, 3.63) is 0 Å². The van der Waals surface area contributed by atoms with Crippen LogP contribution in [-0.4, -0.2) is 6.04 Å². The highest BCUT2D eigenvalue weighted by atomic mass is 14.8. The van der Waals surface area contributed by atoms with Gasteiger partial charge in [0.15, 0.2) is 0 Å². The van der Waals surface area contributed by atoms with Crippen molar-refractivity contribution in [2.75, 3.05) is 0 Å². The number of fused-ring (bicyclic) bond motifs is 2. The van der Waals surface area contributed by atoms with Crippen molar-refractivity contribution < 1.29 is 5.73 Å². The summed E-state index contributed by atoms with van der Waals surface area (Å²) in [5.74, 6) is 0.968. The van der Waals surface area contributed by atoms with E-state index in [-0.39, 0.29) is 0 Å². The van der Waals surface area contributed by atoms with Crippen LogP contribution in [0, 0.1) is 16.7 Å². The van der Waals surface area contributed by atoms with Gasteiger partial charge in [-0.25, -0.2) is 0 Å². The first-order valence-corrected chi connectivity index (χ1v) is 4.80. The fourth-order valence-electron chi connectivity index (χ4n) is 3.41. The molecule has 1 heteroatoms. The lowest BCUT2D eigenvalue weighted by molar-refractivity contribution is -0.467. The molecule has 0 aromatic rings. The van der Waals surface area contributed by atoms with Crippen LogP contribution in [-0.2, 0) is 0 Å². The minimum absolute atomic E-state index is 0.521. The van der Waals surface area contributed by atoms with E-state index in [0.717, 1.165) is 5.92 Å². The maximum atomic E-state index is 4.34. The third kappa shape index (κ3) is 0.752. The normalized spacial score (nSPS) is 53.5. The Morgan fingerprint density at radius 2 is 1.91 bits per heavy atom. The molecule has 0 unspecified atom stereocenters. The first kappa shape index (κ1) is 7.60. The van der Waals surface area contributed by atoms with E-state index >= 15 is 0 Å². The van der Waals surface area contributed by atoms with Crippen LogP contribution >= 0.6 is 0 Å². The van der Waals surface area contributed by atoms with Gasteiger partial charge in [0.25, 0.3) is 0 Å². The van der Waals surface area contributed by atoms with Gasteiger partial charge in [0.1, 0.15) is 0 Å². The minimum atomic E-state index is 0.521. The zero-order valence-electron chi connectivity index (χ0n) is 7.98. The highest BCUT2D eigenvalue weighted by Crippen LogP contribution is 2.60. The molecule has 2 aliphatic carbocycles. The third-order valence-electron chi connectivity index (χ3n) is 4.57. The summed E-state index contributed by atoms with van der Waals surface area (Å²) in [6.45, 7) is 7.24. The lowest BCUT2D eigenvalue weighted by atomic mass is 9.69.